The Morgan fingerprint density at radius 1 is 1.44 bits per heavy atom. The van der Waals surface area contributed by atoms with Gasteiger partial charge in [-0.15, -0.1) is 11.8 Å². The first-order chi connectivity index (χ1) is 7.75. The van der Waals surface area contributed by atoms with Crippen molar-refractivity contribution < 1.29 is 0 Å². The minimum atomic E-state index is 0.742. The van der Waals surface area contributed by atoms with Crippen LogP contribution in [0.3, 0.4) is 0 Å². The molecule has 0 aliphatic heterocycles. The summed E-state index contributed by atoms with van der Waals surface area (Å²) in [6.45, 7) is 0.864. The van der Waals surface area contributed by atoms with E-state index < -0.39 is 0 Å². The number of halogens is 1. The molecule has 0 amide bonds. The molecule has 84 valence electrons. The van der Waals surface area contributed by atoms with Gasteiger partial charge in [0.1, 0.15) is 0 Å². The number of nitrogens with two attached hydrogens (primary N) is 1. The molecule has 0 fully saturated rings. The van der Waals surface area contributed by atoms with Gasteiger partial charge in [0, 0.05) is 28.7 Å². The van der Waals surface area contributed by atoms with E-state index >= 15 is 0 Å². The summed E-state index contributed by atoms with van der Waals surface area (Å²) in [5, 5.41) is 4.88. The number of nitrogens with zero attached hydrogens (tertiary/aromatic N) is 2. The normalized spacial score (nSPS) is 10.6. The number of hydrogen-bond donors (Lipinski definition) is 1. The van der Waals surface area contributed by atoms with Crippen LogP contribution in [0.2, 0.25) is 5.02 Å². The van der Waals surface area contributed by atoms with Crippen molar-refractivity contribution in [2.24, 2.45) is 0 Å². The highest BCUT2D eigenvalue weighted by molar-refractivity contribution is 7.99. The van der Waals surface area contributed by atoms with E-state index in [2.05, 4.69) is 5.10 Å². The lowest BCUT2D eigenvalue weighted by atomic mass is 10.3. The molecule has 3 nitrogen and oxygen atoms in total. The number of thioether (sulfide) groups is 1. The van der Waals surface area contributed by atoms with Crippen molar-refractivity contribution in [2.75, 3.05) is 11.5 Å². The fourth-order valence-electron chi connectivity index (χ4n) is 1.31. The van der Waals surface area contributed by atoms with Crippen molar-refractivity contribution in [3.05, 3.63) is 41.7 Å². The Kier molecular flexibility index (Phi) is 3.74. The van der Waals surface area contributed by atoms with Crippen molar-refractivity contribution in [3.8, 4) is 0 Å². The molecule has 0 atom stereocenters. The number of rotatable bonds is 4. The second-order valence-corrected chi connectivity index (χ2v) is 4.85. The van der Waals surface area contributed by atoms with E-state index in [1.54, 1.807) is 24.0 Å². The Labute approximate surface area is 104 Å². The van der Waals surface area contributed by atoms with Crippen LogP contribution in [-0.4, -0.2) is 15.5 Å². The van der Waals surface area contributed by atoms with Gasteiger partial charge in [-0.2, -0.15) is 5.10 Å². The maximum absolute atomic E-state index is 6.06. The predicted octanol–water partition coefficient (Wildman–Crippen LogP) is 2.91. The number of benzene rings is 1. The average molecular weight is 254 g/mol. The molecule has 0 spiro atoms. The van der Waals surface area contributed by atoms with Gasteiger partial charge in [-0.3, -0.25) is 4.68 Å². The molecule has 5 heteroatoms. The fourth-order valence-corrected chi connectivity index (χ4v) is 2.52. The smallest absolute Gasteiger partial charge is 0.0543 e. The van der Waals surface area contributed by atoms with Crippen LogP contribution >= 0.6 is 23.4 Å². The number of aromatic nitrogens is 2. The maximum atomic E-state index is 6.06. The molecule has 0 unspecified atom stereocenters. The van der Waals surface area contributed by atoms with E-state index in [0.717, 1.165) is 27.9 Å². The van der Waals surface area contributed by atoms with Crippen molar-refractivity contribution in [1.82, 2.24) is 9.78 Å². The van der Waals surface area contributed by atoms with Crippen LogP contribution in [0.25, 0.3) is 0 Å². The van der Waals surface area contributed by atoms with Crippen molar-refractivity contribution in [1.29, 1.82) is 0 Å². The first-order valence-electron chi connectivity index (χ1n) is 4.91. The Morgan fingerprint density at radius 3 is 3.06 bits per heavy atom. The summed E-state index contributed by atoms with van der Waals surface area (Å²) in [4.78, 5) is 1.02. The van der Waals surface area contributed by atoms with Gasteiger partial charge in [0.25, 0.3) is 0 Å². The molecule has 0 saturated carbocycles. The average Bonchev–Trinajstić information content (AvgIpc) is 2.76. The van der Waals surface area contributed by atoms with Gasteiger partial charge in [0.2, 0.25) is 0 Å². The standard InChI is InChI=1S/C11H12ClN3S/c12-10-3-2-9(13)8-11(10)16-7-6-15-5-1-4-14-15/h1-5,8H,6-7,13H2. The summed E-state index contributed by atoms with van der Waals surface area (Å²) < 4.78 is 1.90. The van der Waals surface area contributed by atoms with E-state index in [0.29, 0.717) is 0 Å². The summed E-state index contributed by atoms with van der Waals surface area (Å²) in [5.74, 6) is 0.921. The molecule has 1 aromatic heterocycles. The van der Waals surface area contributed by atoms with Gasteiger partial charge in [0.05, 0.1) is 11.6 Å². The third-order valence-corrected chi connectivity index (χ3v) is 3.57. The molecule has 0 radical (unpaired) electrons. The van der Waals surface area contributed by atoms with E-state index in [1.165, 1.54) is 0 Å². The summed E-state index contributed by atoms with van der Waals surface area (Å²) in [7, 11) is 0. The Balaban J connectivity index is 1.92. The van der Waals surface area contributed by atoms with Crippen LogP contribution in [0.1, 0.15) is 0 Å². The second kappa shape index (κ2) is 5.27. The van der Waals surface area contributed by atoms with Crippen LogP contribution in [0.15, 0.2) is 41.6 Å². The van der Waals surface area contributed by atoms with E-state index in [9.17, 15) is 0 Å². The molecule has 0 aliphatic carbocycles. The third kappa shape index (κ3) is 2.93. The van der Waals surface area contributed by atoms with Crippen LogP contribution in [0.5, 0.6) is 0 Å². The number of anilines is 1. The highest BCUT2D eigenvalue weighted by atomic mass is 35.5. The minimum Gasteiger partial charge on any atom is -0.399 e. The molecule has 1 heterocycles. The Bertz CT molecular complexity index is 456. The topological polar surface area (TPSA) is 43.8 Å². The molecular formula is C11H12ClN3S. The molecule has 2 N–H and O–H groups in total. The van der Waals surface area contributed by atoms with E-state index in [4.69, 9.17) is 17.3 Å². The lowest BCUT2D eigenvalue weighted by Crippen LogP contribution is -2.00. The third-order valence-electron chi connectivity index (χ3n) is 2.09. The molecular weight excluding hydrogens is 242 g/mol. The molecule has 16 heavy (non-hydrogen) atoms. The monoisotopic (exact) mass is 253 g/mol. The Morgan fingerprint density at radius 2 is 2.31 bits per heavy atom. The summed E-state index contributed by atoms with van der Waals surface area (Å²) in [6.07, 6.45) is 3.72. The summed E-state index contributed by atoms with van der Waals surface area (Å²) in [5.41, 5.74) is 6.45. The highest BCUT2D eigenvalue weighted by Gasteiger charge is 2.01. The van der Waals surface area contributed by atoms with Crippen molar-refractivity contribution in [3.63, 3.8) is 0 Å². The molecule has 0 aliphatic rings. The molecule has 2 rings (SSSR count). The van der Waals surface area contributed by atoms with Gasteiger partial charge in [0.15, 0.2) is 0 Å². The van der Waals surface area contributed by atoms with E-state index in [1.807, 2.05) is 29.1 Å². The predicted molar refractivity (Wildman–Crippen MR) is 68.8 cm³/mol. The van der Waals surface area contributed by atoms with Gasteiger partial charge in [-0.1, -0.05) is 11.6 Å². The van der Waals surface area contributed by atoms with Gasteiger partial charge in [-0.25, -0.2) is 0 Å². The van der Waals surface area contributed by atoms with Crippen LogP contribution in [0.4, 0.5) is 5.69 Å². The van der Waals surface area contributed by atoms with Crippen LogP contribution < -0.4 is 5.73 Å². The van der Waals surface area contributed by atoms with Crippen LogP contribution in [-0.2, 0) is 6.54 Å². The lowest BCUT2D eigenvalue weighted by Gasteiger charge is -2.05. The quantitative estimate of drug-likeness (QED) is 0.673. The number of hydrogen-bond acceptors (Lipinski definition) is 3. The molecule has 0 bridgehead atoms. The first kappa shape index (κ1) is 11.4. The summed E-state index contributed by atoms with van der Waals surface area (Å²) >= 11 is 7.74. The minimum absolute atomic E-state index is 0.742. The maximum Gasteiger partial charge on any atom is 0.0543 e. The fraction of sp³-hybridized carbons (Fsp3) is 0.182. The summed E-state index contributed by atoms with van der Waals surface area (Å²) in [6, 6.07) is 7.45. The zero-order chi connectivity index (χ0) is 11.4. The highest BCUT2D eigenvalue weighted by Crippen LogP contribution is 2.28. The zero-order valence-electron chi connectivity index (χ0n) is 8.64. The van der Waals surface area contributed by atoms with Crippen molar-refractivity contribution in [2.45, 2.75) is 11.4 Å². The lowest BCUT2D eigenvalue weighted by molar-refractivity contribution is 0.666. The SMILES string of the molecule is Nc1ccc(Cl)c(SCCn2cccn2)c1. The molecule has 2 aromatic rings. The Hall–Kier alpha value is -1.13. The molecule has 0 saturated heterocycles. The number of aryl methyl sites for hydroxylation is 1. The van der Waals surface area contributed by atoms with Crippen LogP contribution in [0, 0.1) is 0 Å². The largest absolute Gasteiger partial charge is 0.399 e. The first-order valence-corrected chi connectivity index (χ1v) is 6.27. The van der Waals surface area contributed by atoms with Gasteiger partial charge in [-0.05, 0) is 24.3 Å². The van der Waals surface area contributed by atoms with E-state index in [-0.39, 0.29) is 0 Å². The second-order valence-electron chi connectivity index (χ2n) is 3.31. The van der Waals surface area contributed by atoms with Gasteiger partial charge < -0.3 is 5.73 Å². The van der Waals surface area contributed by atoms with Crippen molar-refractivity contribution >= 4 is 29.1 Å². The zero-order valence-corrected chi connectivity index (χ0v) is 10.2. The van der Waals surface area contributed by atoms with Gasteiger partial charge >= 0.3 is 0 Å². The number of nitrogen functional groups attached to an aromatic ring is 1. The molecule has 1 aromatic carbocycles.